The summed E-state index contributed by atoms with van der Waals surface area (Å²) < 4.78 is 5.61. The van der Waals surface area contributed by atoms with E-state index < -0.39 is 6.04 Å². The van der Waals surface area contributed by atoms with Gasteiger partial charge in [-0.2, -0.15) is 0 Å². The second kappa shape index (κ2) is 10.5. The van der Waals surface area contributed by atoms with E-state index in [9.17, 15) is 14.4 Å². The van der Waals surface area contributed by atoms with Crippen molar-refractivity contribution in [1.29, 1.82) is 0 Å². The fourth-order valence-corrected chi connectivity index (χ4v) is 3.58. The second-order valence-corrected chi connectivity index (χ2v) is 9.42. The Morgan fingerprint density at radius 1 is 1.03 bits per heavy atom. The molecule has 1 aliphatic heterocycles. The highest BCUT2D eigenvalue weighted by atomic mass is 16.5. The molecule has 0 aromatic heterocycles. The van der Waals surface area contributed by atoms with Gasteiger partial charge in [0.25, 0.3) is 11.8 Å². The first-order chi connectivity index (χ1) is 15.6. The first-order valence-corrected chi connectivity index (χ1v) is 11.4. The van der Waals surface area contributed by atoms with Crippen molar-refractivity contribution in [1.82, 2.24) is 10.2 Å². The van der Waals surface area contributed by atoms with Gasteiger partial charge in [0.2, 0.25) is 5.91 Å². The third-order valence-corrected chi connectivity index (χ3v) is 5.68. The van der Waals surface area contributed by atoms with E-state index in [-0.39, 0.29) is 29.7 Å². The van der Waals surface area contributed by atoms with Gasteiger partial charge in [-0.1, -0.05) is 39.0 Å². The summed E-state index contributed by atoms with van der Waals surface area (Å²) in [5.41, 5.74) is 2.17. The predicted octanol–water partition coefficient (Wildman–Crippen LogP) is 3.74. The van der Waals surface area contributed by atoms with Gasteiger partial charge in [0.05, 0.1) is 0 Å². The highest BCUT2D eigenvalue weighted by Crippen LogP contribution is 2.22. The molecule has 0 radical (unpaired) electrons. The van der Waals surface area contributed by atoms with Crippen LogP contribution >= 0.6 is 0 Å². The molecule has 0 bridgehead atoms. The van der Waals surface area contributed by atoms with Gasteiger partial charge in [-0.25, -0.2) is 0 Å². The smallest absolute Gasteiger partial charge is 0.260 e. The van der Waals surface area contributed by atoms with E-state index in [0.717, 1.165) is 31.5 Å². The number of ether oxygens (including phenoxy) is 1. The monoisotopic (exact) mass is 451 g/mol. The van der Waals surface area contributed by atoms with Crippen molar-refractivity contribution in [2.24, 2.45) is 0 Å². The first kappa shape index (κ1) is 24.3. The van der Waals surface area contributed by atoms with Crippen molar-refractivity contribution in [3.8, 4) is 5.75 Å². The van der Waals surface area contributed by atoms with Crippen LogP contribution in [0.5, 0.6) is 5.75 Å². The number of carbonyl (C=O) groups excluding carboxylic acids is 3. The Morgan fingerprint density at radius 3 is 2.33 bits per heavy atom. The van der Waals surface area contributed by atoms with E-state index >= 15 is 0 Å². The van der Waals surface area contributed by atoms with Crippen LogP contribution in [0.1, 0.15) is 56.5 Å². The van der Waals surface area contributed by atoms with E-state index in [1.807, 2.05) is 12.1 Å². The molecule has 7 heteroatoms. The third-order valence-electron chi connectivity index (χ3n) is 5.68. The number of nitrogens with zero attached hydrogens (tertiary/aromatic N) is 1. The minimum Gasteiger partial charge on any atom is -0.484 e. The second-order valence-electron chi connectivity index (χ2n) is 9.42. The lowest BCUT2D eigenvalue weighted by atomic mass is 9.86. The summed E-state index contributed by atoms with van der Waals surface area (Å²) in [6.07, 6.45) is 2.06. The summed E-state index contributed by atoms with van der Waals surface area (Å²) in [4.78, 5) is 39.1. The Bertz CT molecular complexity index is 989. The van der Waals surface area contributed by atoms with E-state index in [2.05, 4.69) is 31.4 Å². The van der Waals surface area contributed by atoms with Crippen LogP contribution in [0.25, 0.3) is 0 Å². The van der Waals surface area contributed by atoms with Gasteiger partial charge in [0.1, 0.15) is 11.8 Å². The van der Waals surface area contributed by atoms with Gasteiger partial charge in [-0.3, -0.25) is 14.4 Å². The van der Waals surface area contributed by atoms with E-state index in [1.54, 1.807) is 48.2 Å². The lowest BCUT2D eigenvalue weighted by Gasteiger charge is -2.19. The van der Waals surface area contributed by atoms with Crippen LogP contribution in [0, 0.1) is 0 Å². The zero-order valence-electron chi connectivity index (χ0n) is 19.8. The maximum absolute atomic E-state index is 12.6. The molecule has 1 heterocycles. The largest absolute Gasteiger partial charge is 0.484 e. The van der Waals surface area contributed by atoms with Crippen molar-refractivity contribution in [2.45, 2.75) is 52.0 Å². The molecule has 0 aliphatic carbocycles. The lowest BCUT2D eigenvalue weighted by Crippen LogP contribution is -2.41. The number of carbonyl (C=O) groups is 3. The molecule has 2 aromatic carbocycles. The van der Waals surface area contributed by atoms with Gasteiger partial charge in [-0.05, 0) is 55.0 Å². The van der Waals surface area contributed by atoms with Crippen LogP contribution < -0.4 is 15.4 Å². The van der Waals surface area contributed by atoms with Crippen LogP contribution in [0.3, 0.4) is 0 Å². The predicted molar refractivity (Wildman–Crippen MR) is 128 cm³/mol. The SMILES string of the molecule is CC(NC(=O)c1ccc(C(C)(C)C)cc1)C(=O)Nc1cccc(OCC(=O)N2CCCC2)c1. The van der Waals surface area contributed by atoms with Gasteiger partial charge < -0.3 is 20.3 Å². The minimum atomic E-state index is -0.735. The number of rotatable bonds is 7. The van der Waals surface area contributed by atoms with Crippen LogP contribution in [0.4, 0.5) is 5.69 Å². The van der Waals surface area contributed by atoms with Crippen molar-refractivity contribution in [3.05, 3.63) is 59.7 Å². The summed E-state index contributed by atoms with van der Waals surface area (Å²) >= 11 is 0. The molecule has 0 spiro atoms. The summed E-state index contributed by atoms with van der Waals surface area (Å²) in [5, 5.41) is 5.51. The molecule has 7 nitrogen and oxygen atoms in total. The Hall–Kier alpha value is -3.35. The molecule has 2 aromatic rings. The Morgan fingerprint density at radius 2 is 1.70 bits per heavy atom. The van der Waals surface area contributed by atoms with Crippen LogP contribution in [-0.4, -0.2) is 48.4 Å². The van der Waals surface area contributed by atoms with Crippen molar-refractivity contribution < 1.29 is 19.1 Å². The van der Waals surface area contributed by atoms with Crippen molar-refractivity contribution in [3.63, 3.8) is 0 Å². The van der Waals surface area contributed by atoms with Gasteiger partial charge >= 0.3 is 0 Å². The molecule has 176 valence electrons. The Kier molecular flexibility index (Phi) is 7.74. The Labute approximate surface area is 195 Å². The van der Waals surface area contributed by atoms with Crippen LogP contribution in [0.15, 0.2) is 48.5 Å². The molecular weight excluding hydrogens is 418 g/mol. The molecule has 1 unspecified atom stereocenters. The maximum Gasteiger partial charge on any atom is 0.260 e. The summed E-state index contributed by atoms with van der Waals surface area (Å²) in [5.74, 6) is -0.194. The summed E-state index contributed by atoms with van der Waals surface area (Å²) in [6, 6.07) is 13.5. The van der Waals surface area contributed by atoms with Gasteiger partial charge in [-0.15, -0.1) is 0 Å². The fourth-order valence-electron chi connectivity index (χ4n) is 3.58. The number of likely N-dealkylation sites (tertiary alicyclic amines) is 1. The average Bonchev–Trinajstić information content (AvgIpc) is 3.32. The number of amides is 3. The molecule has 3 amide bonds. The number of anilines is 1. The molecule has 3 rings (SSSR count). The average molecular weight is 452 g/mol. The van der Waals surface area contributed by atoms with Gasteiger partial charge in [0.15, 0.2) is 6.61 Å². The normalized spacial score (nSPS) is 14.5. The molecule has 1 atom stereocenters. The fraction of sp³-hybridized carbons (Fsp3) is 0.423. The summed E-state index contributed by atoms with van der Waals surface area (Å²) in [7, 11) is 0. The van der Waals surface area contributed by atoms with Crippen LogP contribution in [0.2, 0.25) is 0 Å². The zero-order valence-corrected chi connectivity index (χ0v) is 19.8. The third kappa shape index (κ3) is 6.81. The molecule has 1 aliphatic rings. The zero-order chi connectivity index (χ0) is 24.0. The summed E-state index contributed by atoms with van der Waals surface area (Å²) in [6.45, 7) is 9.49. The van der Waals surface area contributed by atoms with Gasteiger partial charge in [0, 0.05) is 30.4 Å². The van der Waals surface area contributed by atoms with Crippen molar-refractivity contribution in [2.75, 3.05) is 25.0 Å². The number of hydrogen-bond acceptors (Lipinski definition) is 4. The quantitative estimate of drug-likeness (QED) is 0.671. The number of benzene rings is 2. The molecular formula is C26H33N3O4. The molecule has 33 heavy (non-hydrogen) atoms. The maximum atomic E-state index is 12.6. The first-order valence-electron chi connectivity index (χ1n) is 11.4. The number of hydrogen-bond donors (Lipinski definition) is 2. The number of nitrogens with one attached hydrogen (secondary N) is 2. The highest BCUT2D eigenvalue weighted by Gasteiger charge is 2.20. The Balaban J connectivity index is 1.52. The van der Waals surface area contributed by atoms with E-state index in [4.69, 9.17) is 4.74 Å². The molecule has 2 N–H and O–H groups in total. The van der Waals surface area contributed by atoms with E-state index in [1.165, 1.54) is 0 Å². The lowest BCUT2D eigenvalue weighted by molar-refractivity contribution is -0.132. The molecule has 0 saturated carbocycles. The molecule has 1 saturated heterocycles. The highest BCUT2D eigenvalue weighted by molar-refractivity contribution is 6.01. The van der Waals surface area contributed by atoms with Crippen LogP contribution in [-0.2, 0) is 15.0 Å². The van der Waals surface area contributed by atoms with E-state index in [0.29, 0.717) is 17.0 Å². The molecule has 1 fully saturated rings. The topological polar surface area (TPSA) is 87.7 Å². The van der Waals surface area contributed by atoms with Crippen molar-refractivity contribution >= 4 is 23.4 Å². The standard InChI is InChI=1S/C26H33N3O4/c1-18(27-25(32)19-10-12-20(13-11-19)26(2,3)4)24(31)28-21-8-7-9-22(16-21)33-17-23(30)29-14-5-6-15-29/h7-13,16,18H,5-6,14-15,17H2,1-4H3,(H,27,32)(H,28,31). The minimum absolute atomic E-state index is 0.00189.